The summed E-state index contributed by atoms with van der Waals surface area (Å²) < 4.78 is 57.4. The Morgan fingerprint density at radius 2 is 1.52 bits per heavy atom. The van der Waals surface area contributed by atoms with Crippen molar-refractivity contribution in [2.24, 2.45) is 10.4 Å². The van der Waals surface area contributed by atoms with Crippen molar-refractivity contribution in [3.63, 3.8) is 0 Å². The summed E-state index contributed by atoms with van der Waals surface area (Å²) in [4.78, 5) is 78.1. The maximum atomic E-state index is 14.0. The number of carbonyl (C=O) groups is 5. The first-order chi connectivity index (χ1) is 35.6. The van der Waals surface area contributed by atoms with Gasteiger partial charge in [-0.1, -0.05) is 57.2 Å². The van der Waals surface area contributed by atoms with E-state index in [1.54, 1.807) is 56.7 Å². The third kappa shape index (κ3) is 14.1. The van der Waals surface area contributed by atoms with Crippen LogP contribution in [0.1, 0.15) is 84.1 Å². The highest BCUT2D eigenvalue weighted by Crippen LogP contribution is 2.40. The number of aromatic nitrogens is 4. The molecule has 0 saturated carbocycles. The van der Waals surface area contributed by atoms with Gasteiger partial charge in [0.2, 0.25) is 23.6 Å². The van der Waals surface area contributed by atoms with Crippen LogP contribution in [-0.2, 0) is 44.7 Å². The lowest BCUT2D eigenvalue weighted by atomic mass is 9.85. The van der Waals surface area contributed by atoms with E-state index in [9.17, 15) is 42.3 Å². The number of aryl methyl sites for hydroxylation is 3. The van der Waals surface area contributed by atoms with E-state index in [0.29, 0.717) is 22.9 Å². The van der Waals surface area contributed by atoms with Gasteiger partial charge < -0.3 is 45.5 Å². The summed E-state index contributed by atoms with van der Waals surface area (Å²) in [6.45, 7) is 13.8. The number of benzene rings is 2. The Hall–Kier alpha value is -6.44. The Bertz CT molecular complexity index is 2880. The Morgan fingerprint density at radius 3 is 2.17 bits per heavy atom. The van der Waals surface area contributed by atoms with Gasteiger partial charge in [-0.3, -0.25) is 33.5 Å². The summed E-state index contributed by atoms with van der Waals surface area (Å²) >= 11 is 3.06. The summed E-state index contributed by atoms with van der Waals surface area (Å²) in [7, 11) is 0. The number of amides is 5. The lowest BCUT2D eigenvalue weighted by Gasteiger charge is -2.35. The van der Waals surface area contributed by atoms with Crippen molar-refractivity contribution in [3.8, 4) is 15.4 Å². The number of ether oxygens (including phenoxy) is 3. The summed E-state index contributed by atoms with van der Waals surface area (Å²) in [5, 5.41) is 30.4. The molecule has 0 radical (unpaired) electrons. The van der Waals surface area contributed by atoms with Crippen LogP contribution in [0.5, 0.6) is 0 Å². The minimum Gasteiger partial charge on any atom is -0.391 e. The highest BCUT2D eigenvalue weighted by Gasteiger charge is 2.45. The van der Waals surface area contributed by atoms with Crippen LogP contribution >= 0.6 is 22.7 Å². The smallest absolute Gasteiger partial charge is 0.391 e. The summed E-state index contributed by atoms with van der Waals surface area (Å²) in [5.41, 5.74) is 6.62. The largest absolute Gasteiger partial charge is 0.471 e. The van der Waals surface area contributed by atoms with Gasteiger partial charge in [-0.25, -0.2) is 4.98 Å². The predicted octanol–water partition coefficient (Wildman–Crippen LogP) is 5.44. The summed E-state index contributed by atoms with van der Waals surface area (Å²) in [6, 6.07) is 10.9. The fourth-order valence-electron chi connectivity index (χ4n) is 8.54. The SMILES string of the molecule is Cc1ncsc1-c1ccc(CNC(=O)[C@@H]2C[C@@H](O)CN2C(=O)[C@@H](NC(=O)COCCOCCOCCNC(=O)C[C@@H]2N=C(c3ccc(NC(=O)C(F)(F)F)cc3)c3c(sc(C)c3C)-n3c(C)nnc32)C(C)(C)C)cc1. The number of nitrogens with one attached hydrogen (secondary N) is 4. The minimum absolute atomic E-state index is 0.0436. The lowest BCUT2D eigenvalue weighted by molar-refractivity contribution is -0.167. The van der Waals surface area contributed by atoms with Crippen molar-refractivity contribution in [1.29, 1.82) is 0 Å². The molecule has 0 unspecified atom stereocenters. The van der Waals surface area contributed by atoms with Crippen LogP contribution in [0.4, 0.5) is 18.9 Å². The van der Waals surface area contributed by atoms with E-state index in [2.05, 4.69) is 31.1 Å². The van der Waals surface area contributed by atoms with Crippen molar-refractivity contribution in [2.45, 2.75) is 98.3 Å². The molecule has 402 valence electrons. The fourth-order valence-corrected chi connectivity index (χ4v) is 10.6. The van der Waals surface area contributed by atoms with Crippen LogP contribution in [0.25, 0.3) is 15.4 Å². The van der Waals surface area contributed by atoms with Crippen molar-refractivity contribution < 1.29 is 56.5 Å². The lowest BCUT2D eigenvalue weighted by Crippen LogP contribution is -2.58. The summed E-state index contributed by atoms with van der Waals surface area (Å²) in [6.07, 6.45) is -5.99. The number of alkyl halides is 3. The number of thiazole rings is 1. The second-order valence-corrected chi connectivity index (χ2v) is 21.3. The number of likely N-dealkylation sites (tertiary alicyclic amines) is 1. The molecule has 0 bridgehead atoms. The zero-order valence-electron chi connectivity index (χ0n) is 42.6. The summed E-state index contributed by atoms with van der Waals surface area (Å²) in [5.74, 6) is -2.82. The molecule has 2 aliphatic rings. The Morgan fingerprint density at radius 1 is 0.853 bits per heavy atom. The first-order valence-electron chi connectivity index (χ1n) is 24.2. The average molecular weight is 1080 g/mol. The molecule has 1 saturated heterocycles. The van der Waals surface area contributed by atoms with Gasteiger partial charge in [-0.05, 0) is 61.9 Å². The Kier molecular flexibility index (Phi) is 18.4. The van der Waals surface area contributed by atoms with Gasteiger partial charge in [0.1, 0.15) is 35.6 Å². The number of rotatable bonds is 21. The molecule has 5 aromatic rings. The first kappa shape index (κ1) is 56.3. The number of aliphatic imine (C=N–C) groups is 1. The molecule has 75 heavy (non-hydrogen) atoms. The van der Waals surface area contributed by atoms with E-state index in [-0.39, 0.29) is 83.7 Å². The second kappa shape index (κ2) is 24.5. The molecule has 5 N–H and O–H groups in total. The first-order valence-corrected chi connectivity index (χ1v) is 25.9. The number of aliphatic hydroxyl groups is 1. The molecule has 0 aliphatic carbocycles. The van der Waals surface area contributed by atoms with Crippen LogP contribution < -0.4 is 21.3 Å². The normalized spacial score (nSPS) is 16.9. The molecule has 5 amide bonds. The Labute approximate surface area is 439 Å². The number of hydrogen-bond donors (Lipinski definition) is 5. The van der Waals surface area contributed by atoms with E-state index in [1.807, 2.05) is 54.9 Å². The van der Waals surface area contributed by atoms with E-state index >= 15 is 0 Å². The molecule has 19 nitrogen and oxygen atoms in total. The predicted molar refractivity (Wildman–Crippen MR) is 275 cm³/mol. The standard InChI is InChI=1S/C51H61F3N10O9S2/c1-28-30(3)75-48-41(28)42(33-12-14-35(15-13-33)58-49(70)51(52,53)54)59-37(45-62-61-31(4)64(45)48)23-39(66)55-16-17-71-18-19-72-20-21-73-26-40(67)60-44(50(5,6)7)47(69)63-25-36(65)22-38(63)46(68)56-24-32-8-10-34(11-9-32)43-29(2)57-27-74-43/h8-15,27,36-38,44,65H,16-26H2,1-7H3,(H,55,66)(H,56,68)(H,58,70)(H,60,67)/t36-,37+,38+,44-/m1/s1. The number of anilines is 1. The molecular weight excluding hydrogens is 1020 g/mol. The quantitative estimate of drug-likeness (QED) is 0.0578. The second-order valence-electron chi connectivity index (χ2n) is 19.2. The fraction of sp³-hybridized carbons (Fsp3) is 0.471. The van der Waals surface area contributed by atoms with Crippen molar-refractivity contribution in [3.05, 3.63) is 98.5 Å². The minimum atomic E-state index is -5.05. The van der Waals surface area contributed by atoms with Gasteiger partial charge in [-0.15, -0.1) is 32.9 Å². The number of β-amino-alcohol motifs (C(OH)–C–C–N with tert-alkyl or cyclic N) is 1. The van der Waals surface area contributed by atoms with Gasteiger partial charge in [0.15, 0.2) is 5.82 Å². The maximum absolute atomic E-state index is 14.0. The molecule has 1 fully saturated rings. The third-order valence-electron chi connectivity index (χ3n) is 12.5. The number of halogens is 3. The van der Waals surface area contributed by atoms with Crippen LogP contribution in [0.3, 0.4) is 0 Å². The highest BCUT2D eigenvalue weighted by molar-refractivity contribution is 7.15. The van der Waals surface area contributed by atoms with Gasteiger partial charge >= 0.3 is 12.1 Å². The van der Waals surface area contributed by atoms with E-state index < -0.39 is 59.4 Å². The van der Waals surface area contributed by atoms with Gasteiger partial charge in [0.25, 0.3) is 0 Å². The van der Waals surface area contributed by atoms with Gasteiger partial charge in [-0.2, -0.15) is 13.2 Å². The zero-order valence-corrected chi connectivity index (χ0v) is 44.3. The van der Waals surface area contributed by atoms with Gasteiger partial charge in [0.05, 0.1) is 67.4 Å². The maximum Gasteiger partial charge on any atom is 0.471 e. The van der Waals surface area contributed by atoms with Crippen LogP contribution in [0, 0.1) is 33.1 Å². The third-order valence-corrected chi connectivity index (χ3v) is 14.7. The Balaban J connectivity index is 0.815. The van der Waals surface area contributed by atoms with Crippen molar-refractivity contribution >= 4 is 63.6 Å². The van der Waals surface area contributed by atoms with Crippen molar-refractivity contribution in [2.75, 3.05) is 58.0 Å². The molecule has 4 atom stereocenters. The number of aliphatic hydroxyl groups excluding tert-OH is 1. The zero-order chi connectivity index (χ0) is 54.2. The number of hydrogen-bond acceptors (Lipinski definition) is 15. The molecular formula is C51H61F3N10O9S2. The molecule has 0 spiro atoms. The number of thiophene rings is 1. The number of carbonyl (C=O) groups excluding carboxylic acids is 5. The van der Waals surface area contributed by atoms with Crippen LogP contribution in [0.15, 0.2) is 59.0 Å². The molecule has 2 aliphatic heterocycles. The van der Waals surface area contributed by atoms with E-state index in [4.69, 9.17) is 19.2 Å². The molecule has 24 heteroatoms. The van der Waals surface area contributed by atoms with Crippen LogP contribution in [-0.4, -0.2) is 142 Å². The van der Waals surface area contributed by atoms with E-state index in [1.165, 1.54) is 28.4 Å². The van der Waals surface area contributed by atoms with E-state index in [0.717, 1.165) is 42.7 Å². The molecule has 5 heterocycles. The number of fused-ring (bicyclic) bond motifs is 3. The molecule has 7 rings (SSSR count). The van der Waals surface area contributed by atoms with Crippen LogP contribution in [0.2, 0.25) is 0 Å². The van der Waals surface area contributed by atoms with Gasteiger partial charge in [0, 0.05) is 47.7 Å². The molecule has 2 aromatic carbocycles. The number of nitrogens with zero attached hydrogens (tertiary/aromatic N) is 6. The topological polar surface area (TPSA) is 241 Å². The highest BCUT2D eigenvalue weighted by atomic mass is 32.1. The monoisotopic (exact) mass is 1080 g/mol. The average Bonchev–Trinajstić information content (AvgIpc) is 4.13. The van der Waals surface area contributed by atoms with Crippen molar-refractivity contribution in [1.82, 2.24) is 40.6 Å². The molecule has 3 aromatic heterocycles.